The van der Waals surface area contributed by atoms with Gasteiger partial charge in [0.15, 0.2) is 0 Å². The molecule has 2 N–H and O–H groups in total. The van der Waals surface area contributed by atoms with Crippen molar-refractivity contribution in [3.05, 3.63) is 51.5 Å². The van der Waals surface area contributed by atoms with Crippen LogP contribution in [0.4, 0.5) is 8.78 Å². The first kappa shape index (κ1) is 16.5. The van der Waals surface area contributed by atoms with E-state index in [0.29, 0.717) is 11.6 Å². The topological polar surface area (TPSA) is 71.5 Å². The van der Waals surface area contributed by atoms with E-state index in [1.54, 1.807) is 5.38 Å². The number of halogens is 2. The first-order valence-corrected chi connectivity index (χ1v) is 7.24. The fraction of sp³-hybridized carbons (Fsp3) is 0.286. The summed E-state index contributed by atoms with van der Waals surface area (Å²) in [4.78, 5) is 15.9. The minimum Gasteiger partial charge on any atom is -0.386 e. The van der Waals surface area contributed by atoms with E-state index in [2.05, 4.69) is 10.3 Å². The highest BCUT2D eigenvalue weighted by atomic mass is 32.1. The number of amides is 1. The Bertz CT molecular complexity index is 643. The summed E-state index contributed by atoms with van der Waals surface area (Å²) in [7, 11) is 1.51. The average Bonchev–Trinajstić information content (AvgIpc) is 2.93. The number of ether oxygens (including phenoxy) is 1. The number of hydrogen-bond acceptors (Lipinski definition) is 5. The van der Waals surface area contributed by atoms with E-state index in [0.717, 1.165) is 12.1 Å². The van der Waals surface area contributed by atoms with Crippen LogP contribution < -0.4 is 5.32 Å². The molecule has 2 rings (SSSR count). The standard InChI is InChI=1S/C14H14F2N2O3S/c1-21-6-12-18-10(7-22-12)14(20)17-5-11(19)13-8(15)3-2-4-9(13)16/h2-4,7,11,19H,5-6H2,1H3,(H,17,20). The van der Waals surface area contributed by atoms with Crippen LogP contribution in [0.3, 0.4) is 0 Å². The van der Waals surface area contributed by atoms with Crippen molar-refractivity contribution in [2.45, 2.75) is 12.7 Å². The maximum Gasteiger partial charge on any atom is 0.270 e. The number of aliphatic hydroxyl groups is 1. The number of hydrogen-bond donors (Lipinski definition) is 2. The summed E-state index contributed by atoms with van der Waals surface area (Å²) in [6.07, 6.45) is -1.48. The Labute approximate surface area is 129 Å². The zero-order chi connectivity index (χ0) is 16.1. The second-order valence-corrected chi connectivity index (χ2v) is 5.36. The SMILES string of the molecule is COCc1nc(C(=O)NCC(O)c2c(F)cccc2F)cs1. The van der Waals surface area contributed by atoms with Crippen molar-refractivity contribution in [2.24, 2.45) is 0 Å². The first-order chi connectivity index (χ1) is 10.5. The summed E-state index contributed by atoms with van der Waals surface area (Å²) in [6, 6.07) is 3.29. The van der Waals surface area contributed by atoms with Gasteiger partial charge in [0.2, 0.25) is 0 Å². The van der Waals surface area contributed by atoms with E-state index in [9.17, 15) is 18.7 Å². The monoisotopic (exact) mass is 328 g/mol. The van der Waals surface area contributed by atoms with Crippen molar-refractivity contribution in [3.8, 4) is 0 Å². The minimum atomic E-state index is -1.48. The summed E-state index contributed by atoms with van der Waals surface area (Å²) >= 11 is 1.26. The van der Waals surface area contributed by atoms with Crippen molar-refractivity contribution in [3.63, 3.8) is 0 Å². The van der Waals surface area contributed by atoms with Gasteiger partial charge in [0.1, 0.15) is 28.4 Å². The van der Waals surface area contributed by atoms with Gasteiger partial charge in [-0.1, -0.05) is 6.07 Å². The molecule has 0 aliphatic heterocycles. The van der Waals surface area contributed by atoms with E-state index < -0.39 is 29.2 Å². The number of thiazole rings is 1. The number of carbonyl (C=O) groups is 1. The molecule has 0 aliphatic rings. The molecule has 5 nitrogen and oxygen atoms in total. The minimum absolute atomic E-state index is 0.165. The fourth-order valence-electron chi connectivity index (χ4n) is 1.82. The molecule has 0 radical (unpaired) electrons. The Morgan fingerprint density at radius 3 is 2.77 bits per heavy atom. The zero-order valence-corrected chi connectivity index (χ0v) is 12.5. The number of nitrogens with one attached hydrogen (secondary N) is 1. The highest BCUT2D eigenvalue weighted by Gasteiger charge is 2.19. The van der Waals surface area contributed by atoms with Crippen LogP contribution in [-0.2, 0) is 11.3 Å². The molecule has 1 aromatic carbocycles. The van der Waals surface area contributed by atoms with Gasteiger partial charge in [0, 0.05) is 19.0 Å². The molecule has 0 fully saturated rings. The lowest BCUT2D eigenvalue weighted by Crippen LogP contribution is -2.29. The van der Waals surface area contributed by atoms with Gasteiger partial charge >= 0.3 is 0 Å². The number of nitrogens with zero attached hydrogens (tertiary/aromatic N) is 1. The van der Waals surface area contributed by atoms with Crippen LogP contribution >= 0.6 is 11.3 Å². The van der Waals surface area contributed by atoms with E-state index >= 15 is 0 Å². The van der Waals surface area contributed by atoms with Crippen LogP contribution in [0.5, 0.6) is 0 Å². The van der Waals surface area contributed by atoms with Crippen LogP contribution in [0.1, 0.15) is 27.2 Å². The second-order valence-electron chi connectivity index (χ2n) is 4.42. The van der Waals surface area contributed by atoms with E-state index in [1.807, 2.05) is 0 Å². The van der Waals surface area contributed by atoms with Crippen LogP contribution in [0, 0.1) is 11.6 Å². The molecule has 118 valence electrons. The predicted molar refractivity (Wildman–Crippen MR) is 76.5 cm³/mol. The quantitative estimate of drug-likeness (QED) is 0.851. The lowest BCUT2D eigenvalue weighted by Gasteiger charge is -2.13. The van der Waals surface area contributed by atoms with Crippen molar-refractivity contribution < 1.29 is 23.4 Å². The smallest absolute Gasteiger partial charge is 0.270 e. The molecular weight excluding hydrogens is 314 g/mol. The third kappa shape index (κ3) is 3.85. The maximum absolute atomic E-state index is 13.5. The van der Waals surface area contributed by atoms with E-state index in [4.69, 9.17) is 4.74 Å². The van der Waals surface area contributed by atoms with Gasteiger partial charge in [-0.05, 0) is 12.1 Å². The third-order valence-electron chi connectivity index (χ3n) is 2.84. The highest BCUT2D eigenvalue weighted by Crippen LogP contribution is 2.20. The number of rotatable bonds is 6. The van der Waals surface area contributed by atoms with Gasteiger partial charge in [0.05, 0.1) is 12.2 Å². The normalized spacial score (nSPS) is 12.2. The van der Waals surface area contributed by atoms with Crippen LogP contribution in [-0.4, -0.2) is 29.7 Å². The summed E-state index contributed by atoms with van der Waals surface area (Å²) in [6.45, 7) is -0.0329. The van der Waals surface area contributed by atoms with Crippen LogP contribution in [0.2, 0.25) is 0 Å². The molecule has 1 unspecified atom stereocenters. The molecule has 0 saturated carbocycles. The lowest BCUT2D eigenvalue weighted by molar-refractivity contribution is 0.0906. The van der Waals surface area contributed by atoms with Crippen molar-refractivity contribution in [1.29, 1.82) is 0 Å². The van der Waals surface area contributed by atoms with Gasteiger partial charge in [-0.25, -0.2) is 13.8 Å². The maximum atomic E-state index is 13.5. The largest absolute Gasteiger partial charge is 0.386 e. The summed E-state index contributed by atoms with van der Waals surface area (Å²) in [5, 5.41) is 14.4. The molecule has 22 heavy (non-hydrogen) atoms. The Morgan fingerprint density at radius 1 is 1.45 bits per heavy atom. The van der Waals surface area contributed by atoms with Gasteiger partial charge in [-0.2, -0.15) is 0 Å². The molecule has 0 bridgehead atoms. The molecule has 0 saturated heterocycles. The molecule has 1 atom stereocenters. The molecule has 0 spiro atoms. The molecular formula is C14H14F2N2O3S. The molecule has 1 aromatic heterocycles. The number of carbonyl (C=O) groups excluding carboxylic acids is 1. The van der Waals surface area contributed by atoms with Gasteiger partial charge in [-0.3, -0.25) is 4.79 Å². The molecule has 8 heteroatoms. The molecule has 0 aliphatic carbocycles. The van der Waals surface area contributed by atoms with Crippen LogP contribution in [0.25, 0.3) is 0 Å². The molecule has 2 aromatic rings. The van der Waals surface area contributed by atoms with Crippen molar-refractivity contribution >= 4 is 17.2 Å². The van der Waals surface area contributed by atoms with Crippen LogP contribution in [0.15, 0.2) is 23.6 Å². The summed E-state index contributed by atoms with van der Waals surface area (Å²) < 4.78 is 31.9. The number of benzene rings is 1. The van der Waals surface area contributed by atoms with Crippen molar-refractivity contribution in [1.82, 2.24) is 10.3 Å². The summed E-state index contributed by atoms with van der Waals surface area (Å²) in [5.41, 5.74) is -0.306. The van der Waals surface area contributed by atoms with Gasteiger partial charge in [0.25, 0.3) is 5.91 Å². The highest BCUT2D eigenvalue weighted by molar-refractivity contribution is 7.09. The Hall–Kier alpha value is -1.90. The number of methoxy groups -OCH3 is 1. The Kier molecular flexibility index (Phi) is 5.53. The average molecular weight is 328 g/mol. The number of aromatic nitrogens is 1. The first-order valence-electron chi connectivity index (χ1n) is 6.36. The van der Waals surface area contributed by atoms with Crippen molar-refractivity contribution in [2.75, 3.05) is 13.7 Å². The number of aliphatic hydroxyl groups excluding tert-OH is 1. The Balaban J connectivity index is 1.98. The fourth-order valence-corrected chi connectivity index (χ4v) is 2.56. The van der Waals surface area contributed by atoms with Gasteiger partial charge < -0.3 is 15.2 Å². The lowest BCUT2D eigenvalue weighted by atomic mass is 10.1. The zero-order valence-electron chi connectivity index (χ0n) is 11.7. The Morgan fingerprint density at radius 2 is 2.14 bits per heavy atom. The third-order valence-corrected chi connectivity index (χ3v) is 3.66. The molecule has 1 amide bonds. The molecule has 1 heterocycles. The van der Waals surface area contributed by atoms with E-state index in [1.165, 1.54) is 24.5 Å². The van der Waals surface area contributed by atoms with Gasteiger partial charge in [-0.15, -0.1) is 11.3 Å². The predicted octanol–water partition coefficient (Wildman–Crippen LogP) is 2.03. The second kappa shape index (κ2) is 7.39. The van der Waals surface area contributed by atoms with E-state index in [-0.39, 0.29) is 12.2 Å². The summed E-state index contributed by atoms with van der Waals surface area (Å²) in [5.74, 6) is -2.26.